The summed E-state index contributed by atoms with van der Waals surface area (Å²) in [7, 11) is 0. The van der Waals surface area contributed by atoms with Gasteiger partial charge in [0.1, 0.15) is 0 Å². The number of amides is 1. The average Bonchev–Trinajstić information content (AvgIpc) is 2.73. The number of pyridine rings is 1. The van der Waals surface area contributed by atoms with Gasteiger partial charge in [0.2, 0.25) is 11.9 Å². The molecule has 0 aromatic carbocycles. The standard InChI is InChI=1S/C16H16FN3O/c1-10-12(9-14(18)21)13-6-2-3-8-20(13)15(10)11-5-4-7-19-16(11)17/h2,4-7H,3,8-9H2,1H3,(H2,18,21). The molecule has 0 aliphatic carbocycles. The maximum absolute atomic E-state index is 14.1. The van der Waals surface area contributed by atoms with Crippen LogP contribution in [-0.2, 0) is 17.8 Å². The van der Waals surface area contributed by atoms with E-state index in [1.807, 2.05) is 17.6 Å². The zero-order chi connectivity index (χ0) is 15.0. The summed E-state index contributed by atoms with van der Waals surface area (Å²) in [5.41, 5.74) is 9.30. The number of carbonyl (C=O) groups excluding carboxylic acids is 1. The van der Waals surface area contributed by atoms with Gasteiger partial charge in [0.25, 0.3) is 0 Å². The van der Waals surface area contributed by atoms with Gasteiger partial charge in [0.15, 0.2) is 0 Å². The summed E-state index contributed by atoms with van der Waals surface area (Å²) in [4.78, 5) is 15.0. The third kappa shape index (κ3) is 2.24. The number of hydrogen-bond acceptors (Lipinski definition) is 2. The molecule has 0 saturated carbocycles. The van der Waals surface area contributed by atoms with Crippen LogP contribution >= 0.6 is 0 Å². The Morgan fingerprint density at radius 3 is 3.05 bits per heavy atom. The zero-order valence-corrected chi connectivity index (χ0v) is 11.8. The van der Waals surface area contributed by atoms with Crippen LogP contribution in [-0.4, -0.2) is 15.5 Å². The quantitative estimate of drug-likeness (QED) is 0.880. The minimum Gasteiger partial charge on any atom is -0.369 e. The van der Waals surface area contributed by atoms with Gasteiger partial charge in [0.05, 0.1) is 17.7 Å². The lowest BCUT2D eigenvalue weighted by Gasteiger charge is -2.15. The predicted octanol–water partition coefficient (Wildman–Crippen LogP) is 2.44. The van der Waals surface area contributed by atoms with Crippen molar-refractivity contribution in [1.82, 2.24) is 9.55 Å². The normalized spacial score (nSPS) is 13.2. The molecule has 0 radical (unpaired) electrons. The van der Waals surface area contributed by atoms with E-state index in [0.717, 1.165) is 35.5 Å². The number of rotatable bonds is 3. The Morgan fingerprint density at radius 1 is 1.52 bits per heavy atom. The molecule has 2 aromatic heterocycles. The largest absolute Gasteiger partial charge is 0.369 e. The molecule has 2 N–H and O–H groups in total. The molecule has 108 valence electrons. The fourth-order valence-corrected chi connectivity index (χ4v) is 2.95. The van der Waals surface area contributed by atoms with E-state index >= 15 is 0 Å². The summed E-state index contributed by atoms with van der Waals surface area (Å²) in [5.74, 6) is -0.884. The van der Waals surface area contributed by atoms with Gasteiger partial charge in [-0.05, 0) is 42.7 Å². The predicted molar refractivity (Wildman–Crippen MR) is 78.9 cm³/mol. The molecule has 0 spiro atoms. The highest BCUT2D eigenvalue weighted by atomic mass is 19.1. The van der Waals surface area contributed by atoms with Crippen LogP contribution in [0.3, 0.4) is 0 Å². The van der Waals surface area contributed by atoms with Gasteiger partial charge < -0.3 is 10.3 Å². The summed E-state index contributed by atoms with van der Waals surface area (Å²) in [5, 5.41) is 0. The van der Waals surface area contributed by atoms with Crippen LogP contribution in [0.5, 0.6) is 0 Å². The smallest absolute Gasteiger partial charge is 0.222 e. The van der Waals surface area contributed by atoms with Crippen LogP contribution < -0.4 is 5.73 Å². The molecule has 1 amide bonds. The van der Waals surface area contributed by atoms with Crippen molar-refractivity contribution in [2.75, 3.05) is 0 Å². The van der Waals surface area contributed by atoms with Crippen LogP contribution in [0.2, 0.25) is 0 Å². The van der Waals surface area contributed by atoms with E-state index in [2.05, 4.69) is 11.1 Å². The van der Waals surface area contributed by atoms with Crippen molar-refractivity contribution in [3.63, 3.8) is 0 Å². The number of halogens is 1. The molecule has 5 heteroatoms. The Balaban J connectivity index is 2.26. The van der Waals surface area contributed by atoms with Gasteiger partial charge in [-0.1, -0.05) is 6.08 Å². The van der Waals surface area contributed by atoms with Crippen LogP contribution in [0, 0.1) is 12.9 Å². The van der Waals surface area contributed by atoms with E-state index in [4.69, 9.17) is 5.73 Å². The Bertz CT molecular complexity index is 746. The first-order valence-electron chi connectivity index (χ1n) is 6.87. The van der Waals surface area contributed by atoms with Crippen molar-refractivity contribution in [1.29, 1.82) is 0 Å². The minimum atomic E-state index is -0.499. The van der Waals surface area contributed by atoms with Crippen LogP contribution in [0.4, 0.5) is 4.39 Å². The van der Waals surface area contributed by atoms with E-state index in [-0.39, 0.29) is 12.3 Å². The molecule has 0 unspecified atom stereocenters. The lowest BCUT2D eigenvalue weighted by molar-refractivity contribution is -0.117. The molecule has 0 atom stereocenters. The molecule has 0 bridgehead atoms. The Morgan fingerprint density at radius 2 is 2.33 bits per heavy atom. The Kier molecular flexibility index (Phi) is 3.33. The van der Waals surface area contributed by atoms with Crippen molar-refractivity contribution in [3.8, 4) is 11.3 Å². The van der Waals surface area contributed by atoms with Gasteiger partial charge >= 0.3 is 0 Å². The fourth-order valence-electron chi connectivity index (χ4n) is 2.95. The molecule has 3 rings (SSSR count). The summed E-state index contributed by atoms with van der Waals surface area (Å²) in [6.45, 7) is 2.66. The fraction of sp³-hybridized carbons (Fsp3) is 0.250. The van der Waals surface area contributed by atoms with Gasteiger partial charge in [-0.25, -0.2) is 4.98 Å². The Labute approximate surface area is 122 Å². The number of aromatic nitrogens is 2. The van der Waals surface area contributed by atoms with Gasteiger partial charge in [-0.2, -0.15) is 4.39 Å². The third-order valence-electron chi connectivity index (χ3n) is 3.84. The van der Waals surface area contributed by atoms with Crippen molar-refractivity contribution < 1.29 is 9.18 Å². The van der Waals surface area contributed by atoms with Crippen molar-refractivity contribution in [3.05, 3.63) is 47.2 Å². The number of nitrogens with zero attached hydrogens (tertiary/aromatic N) is 2. The van der Waals surface area contributed by atoms with Crippen molar-refractivity contribution in [2.24, 2.45) is 5.73 Å². The van der Waals surface area contributed by atoms with Gasteiger partial charge in [-0.15, -0.1) is 0 Å². The van der Waals surface area contributed by atoms with E-state index in [0.29, 0.717) is 5.56 Å². The summed E-state index contributed by atoms with van der Waals surface area (Å²) in [6, 6.07) is 3.43. The number of allylic oxidation sites excluding steroid dienone is 1. The summed E-state index contributed by atoms with van der Waals surface area (Å²) < 4.78 is 16.1. The monoisotopic (exact) mass is 285 g/mol. The Hall–Kier alpha value is -2.43. The minimum absolute atomic E-state index is 0.160. The second kappa shape index (κ2) is 5.16. The molecule has 1 aliphatic rings. The van der Waals surface area contributed by atoms with E-state index in [1.54, 1.807) is 12.1 Å². The highest BCUT2D eigenvalue weighted by molar-refractivity contribution is 5.81. The maximum atomic E-state index is 14.1. The zero-order valence-electron chi connectivity index (χ0n) is 11.8. The number of primary amides is 1. The SMILES string of the molecule is Cc1c(CC(N)=O)c2n(c1-c1cccnc1F)CCC=C2. The molecule has 4 nitrogen and oxygen atoms in total. The van der Waals surface area contributed by atoms with Gasteiger partial charge in [0, 0.05) is 18.4 Å². The molecule has 3 heterocycles. The number of fused-ring (bicyclic) bond motifs is 1. The second-order valence-electron chi connectivity index (χ2n) is 5.16. The van der Waals surface area contributed by atoms with Crippen molar-refractivity contribution in [2.45, 2.75) is 26.3 Å². The third-order valence-corrected chi connectivity index (χ3v) is 3.84. The topological polar surface area (TPSA) is 60.9 Å². The van der Waals surface area contributed by atoms with E-state index in [9.17, 15) is 9.18 Å². The van der Waals surface area contributed by atoms with E-state index in [1.165, 1.54) is 6.20 Å². The first-order chi connectivity index (χ1) is 10.1. The van der Waals surface area contributed by atoms with Crippen molar-refractivity contribution >= 4 is 12.0 Å². The number of hydrogen-bond donors (Lipinski definition) is 1. The van der Waals surface area contributed by atoms with Gasteiger partial charge in [-0.3, -0.25) is 4.79 Å². The highest BCUT2D eigenvalue weighted by Gasteiger charge is 2.23. The molecule has 0 saturated heterocycles. The molecular weight excluding hydrogens is 269 g/mol. The molecule has 2 aromatic rings. The molecule has 0 fully saturated rings. The van der Waals surface area contributed by atoms with Crippen LogP contribution in [0.15, 0.2) is 24.4 Å². The number of nitrogens with two attached hydrogens (primary N) is 1. The molecule has 1 aliphatic heterocycles. The highest BCUT2D eigenvalue weighted by Crippen LogP contribution is 2.35. The lowest BCUT2D eigenvalue weighted by Crippen LogP contribution is -2.15. The van der Waals surface area contributed by atoms with E-state index < -0.39 is 5.95 Å². The lowest BCUT2D eigenvalue weighted by atomic mass is 10.0. The first-order valence-corrected chi connectivity index (χ1v) is 6.87. The summed E-state index contributed by atoms with van der Waals surface area (Å²) in [6.07, 6.45) is 6.51. The van der Waals surface area contributed by atoms with Crippen LogP contribution in [0.1, 0.15) is 23.2 Å². The first kappa shape index (κ1) is 13.5. The van der Waals surface area contributed by atoms with Crippen LogP contribution in [0.25, 0.3) is 17.3 Å². The molecular formula is C16H16FN3O. The summed E-state index contributed by atoms with van der Waals surface area (Å²) >= 11 is 0. The average molecular weight is 285 g/mol. The maximum Gasteiger partial charge on any atom is 0.222 e. The number of carbonyl (C=O) groups is 1. The molecule has 21 heavy (non-hydrogen) atoms. The second-order valence-corrected chi connectivity index (χ2v) is 5.16.